The number of aromatic nitrogens is 3. The highest BCUT2D eigenvalue weighted by atomic mass is 35.5. The molecule has 0 atom stereocenters. The number of nitrogens with one attached hydrogen (secondary N) is 1. The van der Waals surface area contributed by atoms with Crippen molar-refractivity contribution in [1.29, 1.82) is 0 Å². The number of amides is 1. The van der Waals surface area contributed by atoms with Crippen molar-refractivity contribution in [3.05, 3.63) is 69.5 Å². The quantitative estimate of drug-likeness (QED) is 0.516. The number of nitrogens with zero attached hydrogens (tertiary/aromatic N) is 3. The number of benzene rings is 2. The van der Waals surface area contributed by atoms with Crippen molar-refractivity contribution in [3.63, 3.8) is 0 Å². The second kappa shape index (κ2) is 9.45. The molecule has 0 radical (unpaired) electrons. The molecule has 1 amide bonds. The minimum Gasteiger partial charge on any atom is -0.325 e. The van der Waals surface area contributed by atoms with Gasteiger partial charge in [0.05, 0.1) is 5.75 Å². The molecule has 1 aromatic heterocycles. The molecule has 0 unspecified atom stereocenters. The van der Waals surface area contributed by atoms with E-state index in [1.165, 1.54) is 11.8 Å². The molecule has 0 spiro atoms. The molecule has 2 aromatic carbocycles. The van der Waals surface area contributed by atoms with E-state index in [2.05, 4.69) is 15.5 Å². The van der Waals surface area contributed by atoms with Gasteiger partial charge in [0.1, 0.15) is 5.82 Å². The van der Waals surface area contributed by atoms with E-state index in [1.54, 1.807) is 6.07 Å². The number of carbonyl (C=O) groups excluding carboxylic acids is 1. The van der Waals surface area contributed by atoms with Crippen LogP contribution in [0.4, 0.5) is 5.69 Å². The summed E-state index contributed by atoms with van der Waals surface area (Å²) in [6, 6.07) is 13.1. The van der Waals surface area contributed by atoms with Crippen LogP contribution in [0.2, 0.25) is 10.0 Å². The first-order chi connectivity index (χ1) is 13.5. The molecule has 0 aliphatic heterocycles. The van der Waals surface area contributed by atoms with Crippen molar-refractivity contribution in [1.82, 2.24) is 14.8 Å². The molecular weight excluding hydrogens is 415 g/mol. The fraction of sp³-hybridized carbons (Fsp3) is 0.250. The zero-order chi connectivity index (χ0) is 20.1. The molecule has 1 N–H and O–H groups in total. The van der Waals surface area contributed by atoms with Gasteiger partial charge in [0.25, 0.3) is 0 Å². The predicted octanol–water partition coefficient (Wildman–Crippen LogP) is 5.23. The lowest BCUT2D eigenvalue weighted by Crippen LogP contribution is -2.15. The van der Waals surface area contributed by atoms with E-state index < -0.39 is 0 Å². The molecular formula is C20H20Cl2N4OS. The Hall–Kier alpha value is -2.02. The van der Waals surface area contributed by atoms with Crippen LogP contribution in [0.15, 0.2) is 47.6 Å². The molecule has 0 fully saturated rings. The first-order valence-corrected chi connectivity index (χ1v) is 10.6. The Balaban J connectivity index is 1.64. The zero-order valence-electron chi connectivity index (χ0n) is 15.6. The van der Waals surface area contributed by atoms with Crippen molar-refractivity contribution in [2.24, 2.45) is 0 Å². The third kappa shape index (κ3) is 5.07. The molecule has 0 saturated carbocycles. The number of halogens is 2. The molecule has 1 heterocycles. The summed E-state index contributed by atoms with van der Waals surface area (Å²) in [5, 5.41) is 13.5. The minimum absolute atomic E-state index is 0.111. The maximum absolute atomic E-state index is 12.3. The van der Waals surface area contributed by atoms with E-state index in [1.807, 2.05) is 54.8 Å². The standard InChI is InChI=1S/C20H20Cl2N4OS/c1-3-26-18(11-14-7-9-15(21)10-8-14)24-25-20(26)28-12-19(27)23-17-6-4-5-16(22)13(17)2/h4-10H,3,11-12H2,1-2H3,(H,23,27). The fourth-order valence-electron chi connectivity index (χ4n) is 2.72. The van der Waals surface area contributed by atoms with Crippen LogP contribution in [0.1, 0.15) is 23.9 Å². The van der Waals surface area contributed by atoms with Gasteiger partial charge in [0, 0.05) is 28.7 Å². The molecule has 0 bridgehead atoms. The normalized spacial score (nSPS) is 10.9. The Labute approximate surface area is 178 Å². The average Bonchev–Trinajstić information content (AvgIpc) is 3.07. The highest BCUT2D eigenvalue weighted by Gasteiger charge is 2.14. The lowest BCUT2D eigenvalue weighted by molar-refractivity contribution is -0.113. The molecule has 3 rings (SSSR count). The summed E-state index contributed by atoms with van der Waals surface area (Å²) in [5.74, 6) is 0.990. The molecule has 5 nitrogen and oxygen atoms in total. The van der Waals surface area contributed by atoms with Gasteiger partial charge in [-0.05, 0) is 49.2 Å². The first kappa shape index (κ1) is 20.7. The number of carbonyl (C=O) groups is 1. The van der Waals surface area contributed by atoms with Gasteiger partial charge in [-0.25, -0.2) is 0 Å². The fourth-order valence-corrected chi connectivity index (χ4v) is 3.84. The lowest BCUT2D eigenvalue weighted by Gasteiger charge is -2.10. The topological polar surface area (TPSA) is 59.8 Å². The van der Waals surface area contributed by atoms with Crippen molar-refractivity contribution in [3.8, 4) is 0 Å². The number of hydrogen-bond donors (Lipinski definition) is 1. The third-order valence-corrected chi connectivity index (χ3v) is 5.89. The first-order valence-electron chi connectivity index (χ1n) is 8.82. The van der Waals surface area contributed by atoms with Gasteiger partial charge in [-0.1, -0.05) is 53.2 Å². The van der Waals surface area contributed by atoms with Gasteiger partial charge < -0.3 is 9.88 Å². The minimum atomic E-state index is -0.111. The number of hydrogen-bond acceptors (Lipinski definition) is 4. The smallest absolute Gasteiger partial charge is 0.234 e. The van der Waals surface area contributed by atoms with E-state index in [9.17, 15) is 4.79 Å². The summed E-state index contributed by atoms with van der Waals surface area (Å²) in [6.45, 7) is 4.64. The number of thioether (sulfide) groups is 1. The van der Waals surface area contributed by atoms with Gasteiger partial charge in [-0.15, -0.1) is 10.2 Å². The summed E-state index contributed by atoms with van der Waals surface area (Å²) in [4.78, 5) is 12.3. The van der Waals surface area contributed by atoms with Gasteiger partial charge in [-0.2, -0.15) is 0 Å². The van der Waals surface area contributed by atoms with E-state index in [4.69, 9.17) is 23.2 Å². The summed E-state index contributed by atoms with van der Waals surface area (Å²) < 4.78 is 2.02. The van der Waals surface area contributed by atoms with Crippen molar-refractivity contribution < 1.29 is 4.79 Å². The van der Waals surface area contributed by atoms with Crippen LogP contribution in [-0.4, -0.2) is 26.4 Å². The Morgan fingerprint density at radius 3 is 2.61 bits per heavy atom. The molecule has 3 aromatic rings. The van der Waals surface area contributed by atoms with Gasteiger partial charge in [0.15, 0.2) is 5.16 Å². The van der Waals surface area contributed by atoms with Crippen LogP contribution >= 0.6 is 35.0 Å². The van der Waals surface area contributed by atoms with Crippen LogP contribution in [0.25, 0.3) is 0 Å². The summed E-state index contributed by atoms with van der Waals surface area (Å²) >= 11 is 13.4. The molecule has 8 heteroatoms. The highest BCUT2D eigenvalue weighted by molar-refractivity contribution is 7.99. The van der Waals surface area contributed by atoms with Crippen LogP contribution in [0.3, 0.4) is 0 Å². The monoisotopic (exact) mass is 434 g/mol. The van der Waals surface area contributed by atoms with Gasteiger partial charge in [0.2, 0.25) is 5.91 Å². The van der Waals surface area contributed by atoms with E-state index in [0.29, 0.717) is 16.5 Å². The zero-order valence-corrected chi connectivity index (χ0v) is 17.9. The van der Waals surface area contributed by atoms with Crippen molar-refractivity contribution >= 4 is 46.6 Å². The van der Waals surface area contributed by atoms with E-state index >= 15 is 0 Å². The van der Waals surface area contributed by atoms with Crippen LogP contribution in [0, 0.1) is 6.92 Å². The third-order valence-electron chi connectivity index (χ3n) is 4.26. The Morgan fingerprint density at radius 2 is 1.89 bits per heavy atom. The van der Waals surface area contributed by atoms with E-state index in [-0.39, 0.29) is 11.7 Å². The average molecular weight is 435 g/mol. The Bertz CT molecular complexity index is 973. The molecule has 0 aliphatic rings. The largest absolute Gasteiger partial charge is 0.325 e. The Kier molecular flexibility index (Phi) is 6.99. The summed E-state index contributed by atoms with van der Waals surface area (Å²) in [5.41, 5.74) is 2.68. The molecule has 0 aliphatic carbocycles. The van der Waals surface area contributed by atoms with Crippen LogP contribution in [0.5, 0.6) is 0 Å². The van der Waals surface area contributed by atoms with Crippen LogP contribution in [-0.2, 0) is 17.8 Å². The predicted molar refractivity (Wildman–Crippen MR) is 115 cm³/mol. The summed E-state index contributed by atoms with van der Waals surface area (Å²) in [7, 11) is 0. The number of anilines is 1. The van der Waals surface area contributed by atoms with Gasteiger partial charge >= 0.3 is 0 Å². The van der Waals surface area contributed by atoms with Crippen molar-refractivity contribution in [2.45, 2.75) is 32.0 Å². The molecule has 0 saturated heterocycles. The maximum atomic E-state index is 12.3. The maximum Gasteiger partial charge on any atom is 0.234 e. The van der Waals surface area contributed by atoms with Gasteiger partial charge in [-0.3, -0.25) is 4.79 Å². The second-order valence-electron chi connectivity index (χ2n) is 6.20. The Morgan fingerprint density at radius 1 is 1.14 bits per heavy atom. The highest BCUT2D eigenvalue weighted by Crippen LogP contribution is 2.24. The summed E-state index contributed by atoms with van der Waals surface area (Å²) in [6.07, 6.45) is 0.659. The second-order valence-corrected chi connectivity index (χ2v) is 7.98. The SMILES string of the molecule is CCn1c(Cc2ccc(Cl)cc2)nnc1SCC(=O)Nc1cccc(Cl)c1C. The van der Waals surface area contributed by atoms with Crippen molar-refractivity contribution in [2.75, 3.05) is 11.1 Å². The van der Waals surface area contributed by atoms with E-state index in [0.717, 1.165) is 34.3 Å². The lowest BCUT2D eigenvalue weighted by atomic mass is 10.1. The van der Waals surface area contributed by atoms with Crippen LogP contribution < -0.4 is 5.32 Å². The molecule has 146 valence electrons. The number of rotatable bonds is 7. The molecule has 28 heavy (non-hydrogen) atoms.